The Kier molecular flexibility index (Phi) is 5.30. The Morgan fingerprint density at radius 3 is 2.48 bits per heavy atom. The molecule has 0 radical (unpaired) electrons. The van der Waals surface area contributed by atoms with Crippen LogP contribution in [0.15, 0.2) is 66.7 Å². The topological polar surface area (TPSA) is 63.6 Å². The lowest BCUT2D eigenvalue weighted by Gasteiger charge is -2.28. The SMILES string of the molecule is O=CC1C(c2ccc3c(c2)CCC3)=C(c2ccc(CS(=O)O)cc2)Oc2ccccc21. The van der Waals surface area contributed by atoms with E-state index in [-0.39, 0.29) is 5.75 Å². The summed E-state index contributed by atoms with van der Waals surface area (Å²) in [6.07, 6.45) is 4.32. The van der Waals surface area contributed by atoms with Crippen molar-refractivity contribution in [2.45, 2.75) is 30.9 Å². The number of aldehydes is 1. The van der Waals surface area contributed by atoms with E-state index in [1.165, 1.54) is 11.1 Å². The molecule has 156 valence electrons. The Balaban J connectivity index is 1.68. The van der Waals surface area contributed by atoms with E-state index in [1.54, 1.807) is 0 Å². The summed E-state index contributed by atoms with van der Waals surface area (Å²) in [6, 6.07) is 21.6. The molecule has 1 N–H and O–H groups in total. The van der Waals surface area contributed by atoms with Crippen molar-refractivity contribution in [3.05, 3.63) is 100 Å². The number of hydrogen-bond donors (Lipinski definition) is 1. The second-order valence-electron chi connectivity index (χ2n) is 8.00. The number of aryl methyl sites for hydroxylation is 2. The predicted octanol–water partition coefficient (Wildman–Crippen LogP) is 5.14. The molecule has 5 heteroatoms. The fourth-order valence-electron chi connectivity index (χ4n) is 4.59. The third-order valence-electron chi connectivity index (χ3n) is 6.07. The van der Waals surface area contributed by atoms with Gasteiger partial charge in [-0.15, -0.1) is 0 Å². The van der Waals surface area contributed by atoms with Gasteiger partial charge in [-0.05, 0) is 47.6 Å². The van der Waals surface area contributed by atoms with Gasteiger partial charge in [0.2, 0.25) is 0 Å². The molecule has 3 aromatic carbocycles. The van der Waals surface area contributed by atoms with Crippen molar-refractivity contribution in [3.8, 4) is 5.75 Å². The molecule has 0 saturated heterocycles. The molecular weight excluding hydrogens is 408 g/mol. The van der Waals surface area contributed by atoms with Crippen molar-refractivity contribution >= 4 is 28.7 Å². The molecule has 5 rings (SSSR count). The Hall–Kier alpha value is -3.02. The van der Waals surface area contributed by atoms with E-state index in [0.29, 0.717) is 11.5 Å². The second kappa shape index (κ2) is 8.25. The molecule has 1 aliphatic heterocycles. The highest BCUT2D eigenvalue weighted by Crippen LogP contribution is 2.46. The first-order valence-corrected chi connectivity index (χ1v) is 11.7. The van der Waals surface area contributed by atoms with Crippen LogP contribution in [0.2, 0.25) is 0 Å². The summed E-state index contributed by atoms with van der Waals surface area (Å²) in [5, 5.41) is 0. The zero-order valence-corrected chi connectivity index (χ0v) is 17.7. The summed E-state index contributed by atoms with van der Waals surface area (Å²) in [5.41, 5.74) is 7.06. The predicted molar refractivity (Wildman–Crippen MR) is 122 cm³/mol. The number of hydrogen-bond acceptors (Lipinski definition) is 3. The molecule has 2 unspecified atom stereocenters. The molecule has 0 bridgehead atoms. The third kappa shape index (κ3) is 3.75. The minimum Gasteiger partial charge on any atom is -0.456 e. The minimum absolute atomic E-state index is 0.0810. The highest BCUT2D eigenvalue weighted by molar-refractivity contribution is 7.78. The van der Waals surface area contributed by atoms with Crippen LogP contribution in [0.4, 0.5) is 0 Å². The van der Waals surface area contributed by atoms with E-state index in [2.05, 4.69) is 18.2 Å². The van der Waals surface area contributed by atoms with Gasteiger partial charge in [0.25, 0.3) is 0 Å². The molecule has 4 nitrogen and oxygen atoms in total. The average molecular weight is 431 g/mol. The number of carbonyl (C=O) groups excluding carboxylic acids is 1. The van der Waals surface area contributed by atoms with Crippen LogP contribution in [0, 0.1) is 0 Å². The van der Waals surface area contributed by atoms with Crippen LogP contribution in [0.1, 0.15) is 45.7 Å². The maximum absolute atomic E-state index is 12.3. The van der Waals surface area contributed by atoms with E-state index in [0.717, 1.165) is 53.4 Å². The average Bonchev–Trinajstić information content (AvgIpc) is 3.26. The highest BCUT2D eigenvalue weighted by Gasteiger charge is 2.31. The summed E-state index contributed by atoms with van der Waals surface area (Å²) in [7, 11) is 0. The van der Waals surface area contributed by atoms with E-state index in [4.69, 9.17) is 9.29 Å². The van der Waals surface area contributed by atoms with Gasteiger partial charge in [0, 0.05) is 16.7 Å². The summed E-state index contributed by atoms with van der Waals surface area (Å²) < 4.78 is 26.7. The van der Waals surface area contributed by atoms with Crippen molar-refractivity contribution in [3.63, 3.8) is 0 Å². The number of fused-ring (bicyclic) bond motifs is 2. The smallest absolute Gasteiger partial charge is 0.157 e. The molecule has 3 aromatic rings. The van der Waals surface area contributed by atoms with Crippen LogP contribution in [0.25, 0.3) is 11.3 Å². The van der Waals surface area contributed by atoms with Gasteiger partial charge < -0.3 is 14.1 Å². The lowest BCUT2D eigenvalue weighted by atomic mass is 9.82. The lowest BCUT2D eigenvalue weighted by molar-refractivity contribution is -0.108. The second-order valence-corrected chi connectivity index (χ2v) is 8.93. The number of ether oxygens (including phenoxy) is 1. The lowest BCUT2D eigenvalue weighted by Crippen LogP contribution is -2.16. The van der Waals surface area contributed by atoms with Crippen LogP contribution in [-0.4, -0.2) is 15.0 Å². The van der Waals surface area contributed by atoms with Crippen LogP contribution in [-0.2, 0) is 34.5 Å². The fourth-order valence-corrected chi connectivity index (χ4v) is 5.07. The zero-order chi connectivity index (χ0) is 21.4. The maximum Gasteiger partial charge on any atom is 0.157 e. The molecule has 0 saturated carbocycles. The Bertz CT molecular complexity index is 1210. The van der Waals surface area contributed by atoms with Crippen molar-refractivity contribution < 1.29 is 18.3 Å². The fraction of sp³-hybridized carbons (Fsp3) is 0.192. The van der Waals surface area contributed by atoms with Crippen LogP contribution >= 0.6 is 0 Å². The van der Waals surface area contributed by atoms with Gasteiger partial charge in [0.15, 0.2) is 11.1 Å². The zero-order valence-electron chi connectivity index (χ0n) is 16.9. The largest absolute Gasteiger partial charge is 0.456 e. The normalized spacial score (nSPS) is 18.2. The maximum atomic E-state index is 12.3. The molecule has 2 aliphatic rings. The van der Waals surface area contributed by atoms with Crippen LogP contribution in [0.5, 0.6) is 5.75 Å². The van der Waals surface area contributed by atoms with Crippen molar-refractivity contribution in [2.75, 3.05) is 0 Å². The van der Waals surface area contributed by atoms with Crippen LogP contribution in [0.3, 0.4) is 0 Å². The monoisotopic (exact) mass is 430 g/mol. The minimum atomic E-state index is -1.89. The van der Waals surface area contributed by atoms with Gasteiger partial charge in [-0.2, -0.15) is 0 Å². The van der Waals surface area contributed by atoms with Crippen LogP contribution < -0.4 is 4.74 Å². The Morgan fingerprint density at radius 1 is 0.968 bits per heavy atom. The number of rotatable bonds is 5. The van der Waals surface area contributed by atoms with Gasteiger partial charge in [0.05, 0.1) is 11.7 Å². The summed E-state index contributed by atoms with van der Waals surface area (Å²) in [4.78, 5) is 12.3. The van der Waals surface area contributed by atoms with Crippen molar-refractivity contribution in [1.29, 1.82) is 0 Å². The highest BCUT2D eigenvalue weighted by atomic mass is 32.2. The third-order valence-corrected chi connectivity index (χ3v) is 6.65. The van der Waals surface area contributed by atoms with Gasteiger partial charge in [-0.25, -0.2) is 4.21 Å². The standard InChI is InChI=1S/C26H22O4S/c27-15-23-22-6-1-2-7-24(22)30-26(19-10-8-17(9-11-19)16-31(28)29)25(23)21-13-12-18-4-3-5-20(18)14-21/h1-2,6-15,23H,3-5,16H2,(H,28,29). The van der Waals surface area contributed by atoms with E-state index < -0.39 is 17.0 Å². The quantitative estimate of drug-likeness (QED) is 0.450. The first-order valence-electron chi connectivity index (χ1n) is 10.4. The van der Waals surface area contributed by atoms with Gasteiger partial charge in [0.1, 0.15) is 17.8 Å². The van der Waals surface area contributed by atoms with Gasteiger partial charge in [-0.1, -0.05) is 60.7 Å². The first kappa shape index (κ1) is 19.9. The summed E-state index contributed by atoms with van der Waals surface area (Å²) in [5.74, 6) is 0.993. The van der Waals surface area contributed by atoms with Crippen molar-refractivity contribution in [2.24, 2.45) is 0 Å². The molecule has 31 heavy (non-hydrogen) atoms. The summed E-state index contributed by atoms with van der Waals surface area (Å²) in [6.45, 7) is 0. The van der Waals surface area contributed by atoms with E-state index in [9.17, 15) is 9.00 Å². The Labute approximate surface area is 183 Å². The van der Waals surface area contributed by atoms with Crippen molar-refractivity contribution in [1.82, 2.24) is 0 Å². The summed E-state index contributed by atoms with van der Waals surface area (Å²) >= 11 is -1.89. The van der Waals surface area contributed by atoms with E-state index >= 15 is 0 Å². The number of benzene rings is 3. The molecular formula is C26H22O4S. The van der Waals surface area contributed by atoms with Gasteiger partial charge in [-0.3, -0.25) is 0 Å². The molecule has 0 aromatic heterocycles. The Morgan fingerprint density at radius 2 is 1.71 bits per heavy atom. The molecule has 1 heterocycles. The molecule has 0 amide bonds. The number of carbonyl (C=O) groups is 1. The molecule has 2 atom stereocenters. The molecule has 0 fully saturated rings. The number of para-hydroxylation sites is 1. The first-order chi connectivity index (χ1) is 15.1. The van der Waals surface area contributed by atoms with Gasteiger partial charge >= 0.3 is 0 Å². The van der Waals surface area contributed by atoms with E-state index in [1.807, 2.05) is 48.5 Å². The molecule has 1 aliphatic carbocycles. The molecule has 0 spiro atoms. The number of allylic oxidation sites excluding steroid dienone is 1.